The monoisotopic (exact) mass is 278 g/mol. The highest BCUT2D eigenvalue weighted by molar-refractivity contribution is 7.15. The maximum absolute atomic E-state index is 4.63. The number of imidazole rings is 1. The van der Waals surface area contributed by atoms with Crippen LogP contribution in [0.15, 0.2) is 10.5 Å². The van der Waals surface area contributed by atoms with Gasteiger partial charge in [-0.1, -0.05) is 0 Å². The molecule has 0 amide bonds. The first kappa shape index (κ1) is 12.6. The fourth-order valence-electron chi connectivity index (χ4n) is 2.41. The Balaban J connectivity index is 1.84. The fraction of sp³-hybridized carbons (Fsp3) is 0.538. The molecule has 0 aliphatic carbocycles. The number of quaternary nitrogens is 1. The summed E-state index contributed by atoms with van der Waals surface area (Å²) in [6.45, 7) is 8.55. The average molecular weight is 278 g/mol. The SMILES string of the molecule is Cc1nc2scc(C)n2c1/C=N\N1CC[NH+](C)CC1. The molecule has 0 aromatic carbocycles. The highest BCUT2D eigenvalue weighted by Crippen LogP contribution is 2.19. The molecule has 19 heavy (non-hydrogen) atoms. The minimum atomic E-state index is 1.03. The number of hydrazone groups is 1. The largest absolute Gasteiger partial charge is 0.334 e. The first-order valence-electron chi connectivity index (χ1n) is 6.68. The molecule has 1 aliphatic rings. The van der Waals surface area contributed by atoms with Gasteiger partial charge < -0.3 is 4.90 Å². The van der Waals surface area contributed by atoms with Gasteiger partial charge in [-0.3, -0.25) is 9.41 Å². The lowest BCUT2D eigenvalue weighted by Crippen LogP contribution is -3.11. The Kier molecular flexibility index (Phi) is 3.28. The molecule has 0 saturated carbocycles. The molecule has 0 unspecified atom stereocenters. The number of aryl methyl sites for hydroxylation is 2. The third kappa shape index (κ3) is 2.37. The summed E-state index contributed by atoms with van der Waals surface area (Å²) >= 11 is 1.68. The number of nitrogens with one attached hydrogen (secondary N) is 1. The highest BCUT2D eigenvalue weighted by Gasteiger charge is 2.15. The van der Waals surface area contributed by atoms with Crippen molar-refractivity contribution in [1.82, 2.24) is 14.4 Å². The van der Waals surface area contributed by atoms with Gasteiger partial charge >= 0.3 is 0 Å². The third-order valence-electron chi connectivity index (χ3n) is 3.69. The van der Waals surface area contributed by atoms with Crippen molar-refractivity contribution in [3.05, 3.63) is 22.5 Å². The van der Waals surface area contributed by atoms with E-state index < -0.39 is 0 Å². The first-order chi connectivity index (χ1) is 9.15. The number of nitrogens with zero attached hydrogens (tertiary/aromatic N) is 4. The minimum Gasteiger partial charge on any atom is -0.334 e. The molecule has 0 spiro atoms. The predicted molar refractivity (Wildman–Crippen MR) is 78.3 cm³/mol. The van der Waals surface area contributed by atoms with Crippen molar-refractivity contribution in [2.24, 2.45) is 5.10 Å². The van der Waals surface area contributed by atoms with Crippen LogP contribution in [0.25, 0.3) is 4.96 Å². The fourth-order valence-corrected chi connectivity index (χ4v) is 3.32. The summed E-state index contributed by atoms with van der Waals surface area (Å²) in [5, 5.41) is 8.93. The lowest BCUT2D eigenvalue weighted by Gasteiger charge is -2.27. The molecule has 3 heterocycles. The highest BCUT2D eigenvalue weighted by atomic mass is 32.1. The van der Waals surface area contributed by atoms with Crippen LogP contribution in [0.3, 0.4) is 0 Å². The van der Waals surface area contributed by atoms with Gasteiger partial charge in [0.2, 0.25) is 0 Å². The summed E-state index contributed by atoms with van der Waals surface area (Å²) in [5.41, 5.74) is 3.39. The van der Waals surface area contributed by atoms with Gasteiger partial charge in [-0.15, -0.1) is 11.3 Å². The number of aromatic nitrogens is 2. The van der Waals surface area contributed by atoms with Crippen LogP contribution < -0.4 is 4.90 Å². The van der Waals surface area contributed by atoms with Crippen molar-refractivity contribution < 1.29 is 4.90 Å². The molecule has 0 radical (unpaired) electrons. The molecule has 0 bridgehead atoms. The maximum Gasteiger partial charge on any atom is 0.194 e. The van der Waals surface area contributed by atoms with Crippen LogP contribution in [0, 0.1) is 13.8 Å². The van der Waals surface area contributed by atoms with Gasteiger partial charge in [-0.05, 0) is 13.8 Å². The zero-order valence-corrected chi connectivity index (χ0v) is 12.5. The zero-order chi connectivity index (χ0) is 13.4. The van der Waals surface area contributed by atoms with Crippen LogP contribution in [0.2, 0.25) is 0 Å². The standard InChI is InChI=1S/C13H19N5S/c1-10-9-19-13-15-11(2)12(18(10)13)8-14-17-6-4-16(3)5-7-17/h8-9H,4-7H2,1-3H3/p+1/b14-8-. The van der Waals surface area contributed by atoms with Gasteiger partial charge in [0.05, 0.1) is 50.8 Å². The average Bonchev–Trinajstić information content (AvgIpc) is 2.89. The zero-order valence-electron chi connectivity index (χ0n) is 11.7. The van der Waals surface area contributed by atoms with Crippen LogP contribution in [0.1, 0.15) is 17.1 Å². The van der Waals surface area contributed by atoms with E-state index in [9.17, 15) is 0 Å². The topological polar surface area (TPSA) is 37.3 Å². The molecule has 2 aromatic heterocycles. The molecule has 3 rings (SSSR count). The van der Waals surface area contributed by atoms with Gasteiger partial charge in [0.1, 0.15) is 0 Å². The van der Waals surface area contributed by atoms with E-state index in [1.54, 1.807) is 16.2 Å². The van der Waals surface area contributed by atoms with Gasteiger partial charge in [-0.25, -0.2) is 4.98 Å². The number of fused-ring (bicyclic) bond motifs is 1. The predicted octanol–water partition coefficient (Wildman–Crippen LogP) is 0.177. The number of thiazole rings is 1. The van der Waals surface area contributed by atoms with Crippen LogP contribution in [0.4, 0.5) is 0 Å². The third-order valence-corrected chi connectivity index (χ3v) is 4.63. The molecule has 1 N–H and O–H groups in total. The molecular formula is C13H20N5S+. The number of rotatable bonds is 2. The number of likely N-dealkylation sites (N-methyl/N-ethyl adjacent to an activating group) is 1. The van der Waals surface area contributed by atoms with E-state index >= 15 is 0 Å². The summed E-state index contributed by atoms with van der Waals surface area (Å²) in [7, 11) is 2.24. The Morgan fingerprint density at radius 3 is 2.84 bits per heavy atom. The van der Waals surface area contributed by atoms with E-state index in [1.807, 2.05) is 6.21 Å². The van der Waals surface area contributed by atoms with Crippen molar-refractivity contribution in [2.45, 2.75) is 13.8 Å². The normalized spacial score (nSPS) is 17.9. The molecule has 5 nitrogen and oxygen atoms in total. The lowest BCUT2D eigenvalue weighted by atomic mass is 10.3. The lowest BCUT2D eigenvalue weighted by molar-refractivity contribution is -0.884. The number of piperazine rings is 1. The second-order valence-corrected chi connectivity index (χ2v) is 6.07. The van der Waals surface area contributed by atoms with Crippen molar-refractivity contribution in [3.8, 4) is 0 Å². The van der Waals surface area contributed by atoms with E-state index in [-0.39, 0.29) is 0 Å². The number of hydrogen-bond acceptors (Lipinski definition) is 4. The smallest absolute Gasteiger partial charge is 0.194 e. The Hall–Kier alpha value is -1.40. The van der Waals surface area contributed by atoms with Gasteiger partial charge in [0, 0.05) is 11.1 Å². The summed E-state index contributed by atoms with van der Waals surface area (Å²) < 4.78 is 2.19. The number of hydrogen-bond donors (Lipinski definition) is 1. The van der Waals surface area contributed by atoms with Crippen molar-refractivity contribution in [3.63, 3.8) is 0 Å². The van der Waals surface area contributed by atoms with Crippen LogP contribution >= 0.6 is 11.3 Å². The van der Waals surface area contributed by atoms with Crippen LogP contribution in [0.5, 0.6) is 0 Å². The Bertz CT molecular complexity index is 604. The van der Waals surface area contributed by atoms with E-state index in [0.717, 1.165) is 42.5 Å². The molecule has 0 atom stereocenters. The Morgan fingerprint density at radius 2 is 2.11 bits per heavy atom. The van der Waals surface area contributed by atoms with E-state index in [2.05, 4.69) is 45.8 Å². The summed E-state index contributed by atoms with van der Waals surface area (Å²) in [6, 6.07) is 0. The summed E-state index contributed by atoms with van der Waals surface area (Å²) in [4.78, 5) is 7.22. The van der Waals surface area contributed by atoms with Gasteiger partial charge in [-0.2, -0.15) is 5.10 Å². The van der Waals surface area contributed by atoms with Crippen LogP contribution in [-0.4, -0.2) is 53.8 Å². The molecule has 6 heteroatoms. The molecule has 1 fully saturated rings. The molecule has 1 saturated heterocycles. The Morgan fingerprint density at radius 1 is 1.37 bits per heavy atom. The Labute approximate surface area is 117 Å². The van der Waals surface area contributed by atoms with Gasteiger partial charge in [0.15, 0.2) is 4.96 Å². The van der Waals surface area contributed by atoms with E-state index in [0.29, 0.717) is 0 Å². The summed E-state index contributed by atoms with van der Waals surface area (Å²) in [5.74, 6) is 0. The van der Waals surface area contributed by atoms with E-state index in [4.69, 9.17) is 0 Å². The molecule has 1 aliphatic heterocycles. The van der Waals surface area contributed by atoms with Gasteiger partial charge in [0.25, 0.3) is 0 Å². The van der Waals surface area contributed by atoms with Crippen molar-refractivity contribution in [1.29, 1.82) is 0 Å². The second kappa shape index (κ2) is 4.94. The van der Waals surface area contributed by atoms with Crippen molar-refractivity contribution in [2.75, 3.05) is 33.2 Å². The quantitative estimate of drug-likeness (QED) is 0.796. The maximum atomic E-state index is 4.63. The van der Waals surface area contributed by atoms with Crippen LogP contribution in [-0.2, 0) is 0 Å². The molecular weight excluding hydrogens is 258 g/mol. The molecule has 2 aromatic rings. The minimum absolute atomic E-state index is 1.03. The first-order valence-corrected chi connectivity index (χ1v) is 7.56. The summed E-state index contributed by atoms with van der Waals surface area (Å²) in [6.07, 6.45) is 1.97. The second-order valence-electron chi connectivity index (χ2n) is 5.23. The molecule has 102 valence electrons. The van der Waals surface area contributed by atoms with E-state index in [1.165, 1.54) is 5.69 Å². The van der Waals surface area contributed by atoms with Crippen molar-refractivity contribution >= 4 is 22.5 Å².